The first-order valence-electron chi connectivity index (χ1n) is 9.99. The fourth-order valence-electron chi connectivity index (χ4n) is 3.21. The zero-order valence-electron chi connectivity index (χ0n) is 17.5. The lowest BCUT2D eigenvalue weighted by Gasteiger charge is -2.35. The molecule has 27 heavy (non-hydrogen) atoms. The number of hydrogen-bond acceptors (Lipinski definition) is 4. The highest BCUT2D eigenvalue weighted by Crippen LogP contribution is 2.17. The number of nitrogens with zero attached hydrogens (tertiary/aromatic N) is 3. The SMILES string of the molecule is CC(C)c1ccc(CN2CCN(CC(=O)NC(C)(C#N)C(C)C)CC2)cc1. The van der Waals surface area contributed by atoms with E-state index in [1.54, 1.807) is 6.92 Å². The van der Waals surface area contributed by atoms with E-state index in [2.05, 4.69) is 59.3 Å². The molecule has 5 nitrogen and oxygen atoms in total. The summed E-state index contributed by atoms with van der Waals surface area (Å²) in [6, 6.07) is 11.1. The molecule has 5 heteroatoms. The second kappa shape index (κ2) is 9.34. The lowest BCUT2D eigenvalue weighted by atomic mass is 9.90. The number of hydrogen-bond donors (Lipinski definition) is 1. The molecule has 1 unspecified atom stereocenters. The molecule has 1 aromatic carbocycles. The van der Waals surface area contributed by atoms with Crippen molar-refractivity contribution in [3.05, 3.63) is 35.4 Å². The van der Waals surface area contributed by atoms with E-state index in [9.17, 15) is 10.1 Å². The Morgan fingerprint density at radius 1 is 1.11 bits per heavy atom. The van der Waals surface area contributed by atoms with Crippen molar-refractivity contribution < 1.29 is 4.79 Å². The second-order valence-corrected chi connectivity index (χ2v) is 8.47. The molecule has 0 aromatic heterocycles. The lowest BCUT2D eigenvalue weighted by Crippen LogP contribution is -2.54. The van der Waals surface area contributed by atoms with E-state index in [1.165, 1.54) is 11.1 Å². The van der Waals surface area contributed by atoms with Gasteiger partial charge in [-0.05, 0) is 29.9 Å². The number of rotatable bonds is 7. The molecule has 1 N–H and O–H groups in total. The number of nitrogens with one attached hydrogen (secondary N) is 1. The minimum atomic E-state index is -0.805. The largest absolute Gasteiger partial charge is 0.337 e. The van der Waals surface area contributed by atoms with Gasteiger partial charge >= 0.3 is 0 Å². The van der Waals surface area contributed by atoms with Gasteiger partial charge in [0.2, 0.25) is 5.91 Å². The maximum Gasteiger partial charge on any atom is 0.235 e. The van der Waals surface area contributed by atoms with Gasteiger partial charge in [0.15, 0.2) is 0 Å². The maximum atomic E-state index is 12.3. The average molecular weight is 371 g/mol. The molecule has 0 radical (unpaired) electrons. The van der Waals surface area contributed by atoms with Crippen LogP contribution in [-0.4, -0.2) is 54.0 Å². The van der Waals surface area contributed by atoms with Crippen molar-refractivity contribution >= 4 is 5.91 Å². The van der Waals surface area contributed by atoms with Crippen molar-refractivity contribution in [1.29, 1.82) is 5.26 Å². The van der Waals surface area contributed by atoms with Gasteiger partial charge in [0, 0.05) is 32.7 Å². The molecule has 1 amide bonds. The highest BCUT2D eigenvalue weighted by Gasteiger charge is 2.30. The fourth-order valence-corrected chi connectivity index (χ4v) is 3.21. The van der Waals surface area contributed by atoms with Crippen LogP contribution in [0.4, 0.5) is 0 Å². The van der Waals surface area contributed by atoms with Crippen LogP contribution in [0.1, 0.15) is 51.7 Å². The number of benzene rings is 1. The zero-order valence-corrected chi connectivity index (χ0v) is 17.5. The second-order valence-electron chi connectivity index (χ2n) is 8.47. The molecule has 1 saturated heterocycles. The fraction of sp³-hybridized carbons (Fsp3) is 0.636. The van der Waals surface area contributed by atoms with Gasteiger partial charge < -0.3 is 5.32 Å². The normalized spacial score (nSPS) is 18.3. The predicted molar refractivity (Wildman–Crippen MR) is 109 cm³/mol. The van der Waals surface area contributed by atoms with Crippen LogP contribution in [0.25, 0.3) is 0 Å². The van der Waals surface area contributed by atoms with Crippen molar-refractivity contribution in [2.24, 2.45) is 5.92 Å². The van der Waals surface area contributed by atoms with Gasteiger partial charge in [0.25, 0.3) is 0 Å². The van der Waals surface area contributed by atoms with Gasteiger partial charge in [-0.15, -0.1) is 0 Å². The molecule has 1 heterocycles. The number of piperazine rings is 1. The van der Waals surface area contributed by atoms with Gasteiger partial charge in [-0.25, -0.2) is 0 Å². The Kier molecular flexibility index (Phi) is 7.41. The van der Waals surface area contributed by atoms with Crippen molar-refractivity contribution in [2.45, 2.75) is 52.6 Å². The summed E-state index contributed by atoms with van der Waals surface area (Å²) in [5, 5.41) is 12.2. The summed E-state index contributed by atoms with van der Waals surface area (Å²) in [7, 11) is 0. The average Bonchev–Trinajstić information content (AvgIpc) is 2.63. The first-order chi connectivity index (χ1) is 12.7. The highest BCUT2D eigenvalue weighted by molar-refractivity contribution is 5.79. The van der Waals surface area contributed by atoms with E-state index in [1.807, 2.05) is 13.8 Å². The van der Waals surface area contributed by atoms with Crippen molar-refractivity contribution in [2.75, 3.05) is 32.7 Å². The number of carbonyl (C=O) groups excluding carboxylic acids is 1. The molecule has 1 atom stereocenters. The molecule has 1 aliphatic rings. The van der Waals surface area contributed by atoms with Gasteiger partial charge in [-0.3, -0.25) is 14.6 Å². The van der Waals surface area contributed by atoms with Gasteiger partial charge in [0.1, 0.15) is 5.54 Å². The van der Waals surface area contributed by atoms with Crippen LogP contribution in [0, 0.1) is 17.2 Å². The minimum absolute atomic E-state index is 0.0644. The Morgan fingerprint density at radius 3 is 2.15 bits per heavy atom. The molecule has 0 aliphatic carbocycles. The van der Waals surface area contributed by atoms with E-state index in [4.69, 9.17) is 0 Å². The quantitative estimate of drug-likeness (QED) is 0.802. The van der Waals surface area contributed by atoms with Crippen LogP contribution >= 0.6 is 0 Å². The van der Waals surface area contributed by atoms with E-state index in [0.717, 1.165) is 32.7 Å². The summed E-state index contributed by atoms with van der Waals surface area (Å²) in [6.07, 6.45) is 0. The molecule has 148 valence electrons. The number of carbonyl (C=O) groups is 1. The first kappa shape index (κ1) is 21.4. The van der Waals surface area contributed by atoms with E-state index in [0.29, 0.717) is 12.5 Å². The molecule has 2 rings (SSSR count). The van der Waals surface area contributed by atoms with Crippen LogP contribution in [0.15, 0.2) is 24.3 Å². The zero-order chi connectivity index (χ0) is 20.0. The smallest absolute Gasteiger partial charge is 0.235 e. The van der Waals surface area contributed by atoms with E-state index < -0.39 is 5.54 Å². The number of amides is 1. The Hall–Kier alpha value is -1.90. The van der Waals surface area contributed by atoms with Crippen molar-refractivity contribution in [3.8, 4) is 6.07 Å². The van der Waals surface area contributed by atoms with Crippen LogP contribution in [-0.2, 0) is 11.3 Å². The summed E-state index contributed by atoms with van der Waals surface area (Å²) in [6.45, 7) is 15.1. The predicted octanol–water partition coefficient (Wildman–Crippen LogP) is 2.98. The van der Waals surface area contributed by atoms with Crippen LogP contribution in [0.5, 0.6) is 0 Å². The molecule has 1 fully saturated rings. The lowest BCUT2D eigenvalue weighted by molar-refractivity contribution is -0.124. The third-order valence-electron chi connectivity index (χ3n) is 5.67. The molecule has 1 aromatic rings. The Labute approximate surface area is 164 Å². The summed E-state index contributed by atoms with van der Waals surface area (Å²) < 4.78 is 0. The van der Waals surface area contributed by atoms with Crippen LogP contribution < -0.4 is 5.32 Å². The van der Waals surface area contributed by atoms with E-state index in [-0.39, 0.29) is 11.8 Å². The summed E-state index contributed by atoms with van der Waals surface area (Å²) >= 11 is 0. The molecule has 0 saturated carbocycles. The molecule has 1 aliphatic heterocycles. The van der Waals surface area contributed by atoms with Crippen molar-refractivity contribution in [3.63, 3.8) is 0 Å². The summed E-state index contributed by atoms with van der Waals surface area (Å²) in [5.41, 5.74) is 1.91. The third-order valence-corrected chi connectivity index (χ3v) is 5.67. The topological polar surface area (TPSA) is 59.4 Å². The maximum absolute atomic E-state index is 12.3. The van der Waals surface area contributed by atoms with E-state index >= 15 is 0 Å². The minimum Gasteiger partial charge on any atom is -0.337 e. The van der Waals surface area contributed by atoms with Crippen LogP contribution in [0.2, 0.25) is 0 Å². The summed E-state index contributed by atoms with van der Waals surface area (Å²) in [4.78, 5) is 16.9. The molecule has 0 bridgehead atoms. The van der Waals surface area contributed by atoms with Crippen LogP contribution in [0.3, 0.4) is 0 Å². The molecular formula is C22H34N4O. The van der Waals surface area contributed by atoms with Crippen molar-refractivity contribution in [1.82, 2.24) is 15.1 Å². The Balaban J connectivity index is 1.78. The Bertz CT molecular complexity index is 654. The number of nitriles is 1. The Morgan fingerprint density at radius 2 is 1.67 bits per heavy atom. The van der Waals surface area contributed by atoms with Gasteiger partial charge in [0.05, 0.1) is 12.6 Å². The van der Waals surface area contributed by atoms with Gasteiger partial charge in [-0.2, -0.15) is 5.26 Å². The molecular weight excluding hydrogens is 336 g/mol. The van der Waals surface area contributed by atoms with Gasteiger partial charge in [-0.1, -0.05) is 52.0 Å². The monoisotopic (exact) mass is 370 g/mol. The summed E-state index contributed by atoms with van der Waals surface area (Å²) in [5.74, 6) is 0.572. The standard InChI is InChI=1S/C22H34N4O/c1-17(2)20-8-6-19(7-9-20)14-25-10-12-26(13-11-25)15-21(27)24-22(5,16-23)18(3)4/h6-9,17-18H,10-15H2,1-5H3,(H,24,27). The molecule has 0 spiro atoms. The first-order valence-corrected chi connectivity index (χ1v) is 9.99. The highest BCUT2D eigenvalue weighted by atomic mass is 16.2. The third kappa shape index (κ3) is 6.05.